The lowest BCUT2D eigenvalue weighted by molar-refractivity contribution is -0.312. The maximum Gasteiger partial charge on any atom is 0.186 e. The second kappa shape index (κ2) is 9.03. The molecule has 5 N–H and O–H groups in total. The van der Waals surface area contributed by atoms with Gasteiger partial charge in [0, 0.05) is 7.11 Å². The molecule has 25 heavy (non-hydrogen) atoms. The Bertz CT molecular complexity index is 407. The van der Waals surface area contributed by atoms with Crippen LogP contribution in [0.1, 0.15) is 20.3 Å². The summed E-state index contributed by atoms with van der Waals surface area (Å²) in [4.78, 5) is 0. The van der Waals surface area contributed by atoms with E-state index in [1.807, 2.05) is 13.8 Å². The van der Waals surface area contributed by atoms with Gasteiger partial charge in [-0.05, 0) is 12.3 Å². The molecule has 2 aliphatic heterocycles. The van der Waals surface area contributed by atoms with Crippen LogP contribution in [-0.2, 0) is 18.9 Å². The van der Waals surface area contributed by atoms with Crippen molar-refractivity contribution in [3.63, 3.8) is 0 Å². The summed E-state index contributed by atoms with van der Waals surface area (Å²) in [5.41, 5.74) is 0. The Kier molecular flexibility index (Phi) is 7.56. The monoisotopic (exact) mass is 366 g/mol. The summed E-state index contributed by atoms with van der Waals surface area (Å²) in [5.74, 6) is 0.258. The van der Waals surface area contributed by atoms with E-state index in [-0.39, 0.29) is 19.1 Å². The van der Waals surface area contributed by atoms with Gasteiger partial charge in [-0.25, -0.2) is 0 Å². The molecule has 0 radical (unpaired) electrons. The smallest absolute Gasteiger partial charge is 0.186 e. The number of hydrogen-bond donors (Lipinski definition) is 5. The molecule has 0 aromatic carbocycles. The molecule has 0 saturated carbocycles. The summed E-state index contributed by atoms with van der Waals surface area (Å²) >= 11 is 0. The summed E-state index contributed by atoms with van der Waals surface area (Å²) < 4.78 is 21.7. The minimum Gasteiger partial charge on any atom is -0.388 e. The highest BCUT2D eigenvalue weighted by molar-refractivity contribution is 4.91. The zero-order valence-electron chi connectivity index (χ0n) is 14.8. The number of aliphatic hydroxyl groups is 5. The van der Waals surface area contributed by atoms with E-state index in [4.69, 9.17) is 18.9 Å². The van der Waals surface area contributed by atoms with Crippen LogP contribution < -0.4 is 0 Å². The molecule has 9 heteroatoms. The van der Waals surface area contributed by atoms with Gasteiger partial charge in [0.05, 0.1) is 19.3 Å². The molecule has 0 aromatic rings. The van der Waals surface area contributed by atoms with E-state index in [0.717, 1.165) is 0 Å². The van der Waals surface area contributed by atoms with E-state index >= 15 is 0 Å². The first-order chi connectivity index (χ1) is 11.8. The van der Waals surface area contributed by atoms with Gasteiger partial charge in [0.15, 0.2) is 6.29 Å². The van der Waals surface area contributed by atoms with Gasteiger partial charge in [-0.3, -0.25) is 0 Å². The minimum absolute atomic E-state index is 0.129. The van der Waals surface area contributed by atoms with E-state index in [2.05, 4.69) is 0 Å². The SMILES string of the molecule is COC1C(O)C(CC(C)C)OC(OCC2OCC(O)C(O)C2O)C1O. The first-order valence-corrected chi connectivity index (χ1v) is 8.58. The predicted molar refractivity (Wildman–Crippen MR) is 84.6 cm³/mol. The van der Waals surface area contributed by atoms with Crippen molar-refractivity contribution < 1.29 is 44.5 Å². The molecule has 9 unspecified atom stereocenters. The molecule has 0 aliphatic carbocycles. The lowest BCUT2D eigenvalue weighted by atomic mass is 9.93. The fourth-order valence-electron chi connectivity index (χ4n) is 3.18. The lowest BCUT2D eigenvalue weighted by Gasteiger charge is -2.43. The Morgan fingerprint density at radius 1 is 0.960 bits per heavy atom. The van der Waals surface area contributed by atoms with Crippen molar-refractivity contribution in [2.75, 3.05) is 20.3 Å². The second-order valence-corrected chi connectivity index (χ2v) is 7.11. The lowest BCUT2D eigenvalue weighted by Crippen LogP contribution is -2.60. The molecule has 2 rings (SSSR count). The van der Waals surface area contributed by atoms with Gasteiger partial charge in [-0.2, -0.15) is 0 Å². The van der Waals surface area contributed by atoms with Crippen molar-refractivity contribution in [1.29, 1.82) is 0 Å². The van der Waals surface area contributed by atoms with Gasteiger partial charge in [0.25, 0.3) is 0 Å². The number of aliphatic hydroxyl groups excluding tert-OH is 5. The summed E-state index contributed by atoms with van der Waals surface area (Å²) in [5, 5.41) is 49.7. The standard InChI is InChI=1S/C16H30O9/c1-7(2)4-9-13(20)15(22-3)14(21)16(25-9)24-6-10-12(19)11(18)8(17)5-23-10/h7-21H,4-6H2,1-3H3. The quantitative estimate of drug-likeness (QED) is 0.361. The summed E-state index contributed by atoms with van der Waals surface area (Å²) in [6, 6.07) is 0. The third-order valence-electron chi connectivity index (χ3n) is 4.65. The zero-order chi connectivity index (χ0) is 18.7. The Hall–Kier alpha value is -0.360. The molecule has 2 fully saturated rings. The largest absolute Gasteiger partial charge is 0.388 e. The first-order valence-electron chi connectivity index (χ1n) is 8.58. The molecule has 148 valence electrons. The van der Waals surface area contributed by atoms with Gasteiger partial charge in [0.2, 0.25) is 0 Å². The van der Waals surface area contributed by atoms with Crippen LogP contribution in [0.15, 0.2) is 0 Å². The first kappa shape index (κ1) is 20.9. The third-order valence-corrected chi connectivity index (χ3v) is 4.65. The van der Waals surface area contributed by atoms with Crippen LogP contribution in [0, 0.1) is 5.92 Å². The van der Waals surface area contributed by atoms with Gasteiger partial charge in [0.1, 0.15) is 42.7 Å². The molecule has 0 bridgehead atoms. The second-order valence-electron chi connectivity index (χ2n) is 7.11. The van der Waals surface area contributed by atoms with Crippen LogP contribution in [-0.4, -0.2) is 101 Å². The molecule has 2 aliphatic rings. The highest BCUT2D eigenvalue weighted by Gasteiger charge is 2.46. The molecule has 9 nitrogen and oxygen atoms in total. The van der Waals surface area contributed by atoms with Gasteiger partial charge in [-0.15, -0.1) is 0 Å². The molecule has 0 aromatic heterocycles. The topological polar surface area (TPSA) is 138 Å². The van der Waals surface area contributed by atoms with Crippen molar-refractivity contribution in [1.82, 2.24) is 0 Å². The van der Waals surface area contributed by atoms with Crippen LogP contribution in [0.25, 0.3) is 0 Å². The van der Waals surface area contributed by atoms with Crippen molar-refractivity contribution in [2.45, 2.75) is 75.4 Å². The molecule has 2 saturated heterocycles. The highest BCUT2D eigenvalue weighted by atomic mass is 16.7. The zero-order valence-corrected chi connectivity index (χ0v) is 14.8. The third kappa shape index (κ3) is 4.88. The fraction of sp³-hybridized carbons (Fsp3) is 1.00. The molecule has 2 heterocycles. The summed E-state index contributed by atoms with van der Waals surface area (Å²) in [7, 11) is 1.39. The molecule has 0 amide bonds. The van der Waals surface area contributed by atoms with E-state index in [1.165, 1.54) is 7.11 Å². The van der Waals surface area contributed by atoms with Crippen LogP contribution in [0.4, 0.5) is 0 Å². The maximum absolute atomic E-state index is 10.3. The maximum atomic E-state index is 10.3. The number of methoxy groups -OCH3 is 1. The number of ether oxygens (including phenoxy) is 4. The Morgan fingerprint density at radius 2 is 1.64 bits per heavy atom. The van der Waals surface area contributed by atoms with Gasteiger partial charge in [-0.1, -0.05) is 13.8 Å². The molecule has 9 atom stereocenters. The predicted octanol–water partition coefficient (Wildman–Crippen LogP) is -2.01. The normalized spacial score (nSPS) is 45.7. The average molecular weight is 366 g/mol. The van der Waals surface area contributed by atoms with E-state index in [0.29, 0.717) is 6.42 Å². The molecular weight excluding hydrogens is 336 g/mol. The van der Waals surface area contributed by atoms with Crippen molar-refractivity contribution >= 4 is 0 Å². The average Bonchev–Trinajstić information content (AvgIpc) is 2.56. The molecular formula is C16H30O9. The van der Waals surface area contributed by atoms with Crippen LogP contribution in [0.3, 0.4) is 0 Å². The highest BCUT2D eigenvalue weighted by Crippen LogP contribution is 2.28. The van der Waals surface area contributed by atoms with Crippen molar-refractivity contribution in [3.05, 3.63) is 0 Å². The van der Waals surface area contributed by atoms with E-state index in [1.54, 1.807) is 0 Å². The van der Waals surface area contributed by atoms with Crippen molar-refractivity contribution in [2.24, 2.45) is 5.92 Å². The molecule has 0 spiro atoms. The Morgan fingerprint density at radius 3 is 2.24 bits per heavy atom. The van der Waals surface area contributed by atoms with Crippen LogP contribution in [0.5, 0.6) is 0 Å². The number of rotatable bonds is 6. The van der Waals surface area contributed by atoms with Gasteiger partial charge < -0.3 is 44.5 Å². The fourth-order valence-corrected chi connectivity index (χ4v) is 3.18. The van der Waals surface area contributed by atoms with E-state index in [9.17, 15) is 25.5 Å². The van der Waals surface area contributed by atoms with E-state index < -0.39 is 55.1 Å². The van der Waals surface area contributed by atoms with Crippen LogP contribution in [0.2, 0.25) is 0 Å². The summed E-state index contributed by atoms with van der Waals surface area (Å²) in [6.07, 6.45) is -8.85. The Labute approximate surface area is 147 Å². The van der Waals surface area contributed by atoms with Crippen molar-refractivity contribution in [3.8, 4) is 0 Å². The minimum atomic E-state index is -1.33. The number of hydrogen-bond acceptors (Lipinski definition) is 9. The van der Waals surface area contributed by atoms with Crippen LogP contribution >= 0.6 is 0 Å². The summed E-state index contributed by atoms with van der Waals surface area (Å²) in [6.45, 7) is 3.68. The van der Waals surface area contributed by atoms with Gasteiger partial charge >= 0.3 is 0 Å². The Balaban J connectivity index is 1.97.